The van der Waals surface area contributed by atoms with E-state index in [9.17, 15) is 24.6 Å². The summed E-state index contributed by atoms with van der Waals surface area (Å²) >= 11 is 0. The highest BCUT2D eigenvalue weighted by molar-refractivity contribution is 5.92. The van der Waals surface area contributed by atoms with E-state index in [0.29, 0.717) is 25.7 Å². The maximum absolute atomic E-state index is 13.2. The van der Waals surface area contributed by atoms with E-state index >= 15 is 0 Å². The van der Waals surface area contributed by atoms with Gasteiger partial charge in [-0.3, -0.25) is 14.4 Å². The second-order valence-electron chi connectivity index (χ2n) is 12.2. The Labute approximate surface area is 197 Å². The van der Waals surface area contributed by atoms with Crippen molar-refractivity contribution < 1.29 is 29.3 Å². The molecule has 4 aliphatic carbocycles. The molecule has 0 saturated heterocycles. The van der Waals surface area contributed by atoms with Crippen LogP contribution >= 0.6 is 0 Å². The minimum atomic E-state index is -1.61. The Morgan fingerprint density at radius 2 is 1.94 bits per heavy atom. The number of carbonyl (C=O) groups is 3. The second kappa shape index (κ2) is 8.30. The van der Waals surface area contributed by atoms with E-state index in [-0.39, 0.29) is 47.2 Å². The third-order valence-electron chi connectivity index (χ3n) is 9.77. The molecule has 0 unspecified atom stereocenters. The summed E-state index contributed by atoms with van der Waals surface area (Å²) in [6, 6.07) is 0. The number of hydrogen-bond donors (Lipinski definition) is 2. The molecule has 0 aromatic heterocycles. The molecule has 0 aromatic carbocycles. The monoisotopic (exact) mass is 460 g/mol. The number of ether oxygens (including phenoxy) is 1. The van der Waals surface area contributed by atoms with E-state index in [1.54, 1.807) is 0 Å². The molecule has 2 N–H and O–H groups in total. The maximum Gasteiger partial charge on any atom is 0.306 e. The average molecular weight is 461 g/mol. The lowest BCUT2D eigenvalue weighted by molar-refractivity contribution is -0.186. The molecule has 6 heteroatoms. The van der Waals surface area contributed by atoms with Crippen molar-refractivity contribution in [3.63, 3.8) is 0 Å². The highest BCUT2D eigenvalue weighted by Crippen LogP contribution is 2.68. The topological polar surface area (TPSA) is 101 Å². The first-order valence-electron chi connectivity index (χ1n) is 12.7. The molecule has 0 aliphatic heterocycles. The highest BCUT2D eigenvalue weighted by atomic mass is 16.5. The summed E-state index contributed by atoms with van der Waals surface area (Å²) in [6.07, 6.45) is 4.90. The average Bonchev–Trinajstić information content (AvgIpc) is 2.98. The van der Waals surface area contributed by atoms with Crippen molar-refractivity contribution in [1.82, 2.24) is 0 Å². The summed E-state index contributed by atoms with van der Waals surface area (Å²) in [7, 11) is 0. The number of aliphatic hydroxyl groups excluding tert-OH is 1. The van der Waals surface area contributed by atoms with Gasteiger partial charge in [0, 0.05) is 18.3 Å². The fourth-order valence-electron chi connectivity index (χ4n) is 8.24. The van der Waals surface area contributed by atoms with Crippen LogP contribution in [-0.2, 0) is 19.1 Å². The lowest BCUT2D eigenvalue weighted by atomic mass is 9.44. The zero-order valence-electron chi connectivity index (χ0n) is 20.7. The van der Waals surface area contributed by atoms with Gasteiger partial charge in [-0.25, -0.2) is 0 Å². The number of ketones is 2. The van der Waals surface area contributed by atoms with E-state index < -0.39 is 35.5 Å². The second-order valence-corrected chi connectivity index (χ2v) is 12.2. The summed E-state index contributed by atoms with van der Waals surface area (Å²) in [6.45, 7) is 9.71. The van der Waals surface area contributed by atoms with Crippen molar-refractivity contribution >= 4 is 17.5 Å². The lowest BCUT2D eigenvalue weighted by Gasteiger charge is -2.61. The summed E-state index contributed by atoms with van der Waals surface area (Å²) in [5, 5.41) is 23.2. The van der Waals surface area contributed by atoms with Crippen molar-refractivity contribution in [2.75, 3.05) is 6.61 Å². The minimum absolute atomic E-state index is 0.0208. The van der Waals surface area contributed by atoms with Gasteiger partial charge in [-0.1, -0.05) is 40.2 Å². The summed E-state index contributed by atoms with van der Waals surface area (Å²) in [4.78, 5) is 37.4. The SMILES string of the molecule is CC(C)CC(=O)OCC(=O)[C@@]1(O)CC[C@H]2[C@@H]3C[C@H](C)C4=CC(=O)CC[C@]4(C)[C@H]3[C@@H](O)C[C@@]21C. The summed E-state index contributed by atoms with van der Waals surface area (Å²) in [5.74, 6) is -0.0309. The maximum atomic E-state index is 13.2. The molecule has 0 spiro atoms. The van der Waals surface area contributed by atoms with Crippen molar-refractivity contribution in [3.05, 3.63) is 11.6 Å². The molecular weight excluding hydrogens is 420 g/mol. The van der Waals surface area contributed by atoms with E-state index in [1.807, 2.05) is 26.8 Å². The number of Topliss-reactive ketones (excluding diaryl/α,β-unsaturated/α-hetero) is 1. The van der Waals surface area contributed by atoms with Gasteiger partial charge in [0.2, 0.25) is 5.78 Å². The van der Waals surface area contributed by atoms with Crippen molar-refractivity contribution in [2.45, 2.75) is 91.3 Å². The molecule has 0 bridgehead atoms. The van der Waals surface area contributed by atoms with Crippen LogP contribution in [0.15, 0.2) is 11.6 Å². The zero-order chi connectivity index (χ0) is 24.3. The minimum Gasteiger partial charge on any atom is -0.458 e. The van der Waals surface area contributed by atoms with Gasteiger partial charge in [-0.2, -0.15) is 0 Å². The number of hydrogen-bond acceptors (Lipinski definition) is 6. The molecule has 0 heterocycles. The Morgan fingerprint density at radius 1 is 1.24 bits per heavy atom. The molecule has 0 radical (unpaired) electrons. The number of rotatable bonds is 5. The Bertz CT molecular complexity index is 876. The first-order valence-corrected chi connectivity index (χ1v) is 12.7. The van der Waals surface area contributed by atoms with Gasteiger partial charge < -0.3 is 14.9 Å². The summed E-state index contributed by atoms with van der Waals surface area (Å²) in [5.41, 5.74) is -1.43. The fraction of sp³-hybridized carbons (Fsp3) is 0.815. The number of aliphatic hydroxyl groups is 2. The molecule has 0 amide bonds. The Morgan fingerprint density at radius 3 is 2.61 bits per heavy atom. The Hall–Kier alpha value is -1.53. The number of esters is 1. The molecule has 4 rings (SSSR count). The smallest absolute Gasteiger partial charge is 0.306 e. The van der Waals surface area contributed by atoms with Crippen LogP contribution in [0.1, 0.15) is 79.6 Å². The summed E-state index contributed by atoms with van der Waals surface area (Å²) < 4.78 is 5.21. The van der Waals surface area contributed by atoms with Crippen LogP contribution in [0.25, 0.3) is 0 Å². The first-order chi connectivity index (χ1) is 15.3. The van der Waals surface area contributed by atoms with Gasteiger partial charge in [0.25, 0.3) is 0 Å². The van der Waals surface area contributed by atoms with Crippen molar-refractivity contribution in [3.8, 4) is 0 Å². The highest BCUT2D eigenvalue weighted by Gasteiger charge is 2.68. The molecule has 3 saturated carbocycles. The quantitative estimate of drug-likeness (QED) is 0.608. The van der Waals surface area contributed by atoms with E-state index in [2.05, 4.69) is 13.8 Å². The third kappa shape index (κ3) is 3.72. The third-order valence-corrected chi connectivity index (χ3v) is 9.77. The van der Waals surface area contributed by atoms with Crippen LogP contribution in [0.2, 0.25) is 0 Å². The van der Waals surface area contributed by atoms with Gasteiger partial charge in [0.1, 0.15) is 5.60 Å². The molecule has 184 valence electrons. The van der Waals surface area contributed by atoms with Gasteiger partial charge in [0.05, 0.1) is 6.10 Å². The van der Waals surface area contributed by atoms with Crippen LogP contribution < -0.4 is 0 Å². The van der Waals surface area contributed by atoms with E-state index in [0.717, 1.165) is 12.8 Å². The Balaban J connectivity index is 1.59. The van der Waals surface area contributed by atoms with E-state index in [1.165, 1.54) is 5.57 Å². The van der Waals surface area contributed by atoms with Crippen molar-refractivity contribution in [2.24, 2.45) is 40.4 Å². The van der Waals surface area contributed by atoms with Crippen LogP contribution in [-0.4, -0.2) is 46.1 Å². The number of carbonyl (C=O) groups excluding carboxylic acids is 3. The van der Waals surface area contributed by atoms with Gasteiger partial charge in [-0.15, -0.1) is 0 Å². The Kier molecular flexibility index (Phi) is 6.18. The van der Waals surface area contributed by atoms with Gasteiger partial charge in [0.15, 0.2) is 12.4 Å². The first kappa shape index (κ1) is 24.6. The molecule has 33 heavy (non-hydrogen) atoms. The predicted molar refractivity (Wildman–Crippen MR) is 123 cm³/mol. The molecule has 3 fully saturated rings. The van der Waals surface area contributed by atoms with Crippen LogP contribution in [0.4, 0.5) is 0 Å². The van der Waals surface area contributed by atoms with Crippen LogP contribution in [0.3, 0.4) is 0 Å². The standard InChI is InChI=1S/C27H40O6/c1-15(2)10-23(31)33-14-22(30)27(32)9-7-19-18-11-16(3)20-12-17(28)6-8-25(20,4)24(18)21(29)13-26(19,27)5/h12,15-16,18-19,21,24,29,32H,6-11,13-14H2,1-5H3/t16-,18-,19-,21-,24+,25-,26-,27-/m0/s1. The van der Waals surface area contributed by atoms with Gasteiger partial charge >= 0.3 is 5.97 Å². The molecular formula is C27H40O6. The molecule has 8 atom stereocenters. The predicted octanol–water partition coefficient (Wildman–Crippen LogP) is 3.62. The molecule has 4 aliphatic rings. The van der Waals surface area contributed by atoms with Gasteiger partial charge in [-0.05, 0) is 73.2 Å². The lowest BCUT2D eigenvalue weighted by Crippen LogP contribution is -2.62. The number of fused-ring (bicyclic) bond motifs is 5. The van der Waals surface area contributed by atoms with Crippen LogP contribution in [0, 0.1) is 40.4 Å². The molecule has 6 nitrogen and oxygen atoms in total. The normalized spacial score (nSPS) is 44.5. The van der Waals surface area contributed by atoms with E-state index in [4.69, 9.17) is 4.74 Å². The zero-order valence-corrected chi connectivity index (χ0v) is 20.7. The largest absolute Gasteiger partial charge is 0.458 e. The molecule has 0 aromatic rings. The fourth-order valence-corrected chi connectivity index (χ4v) is 8.24. The van der Waals surface area contributed by atoms with Crippen molar-refractivity contribution in [1.29, 1.82) is 0 Å². The number of allylic oxidation sites excluding steroid dienone is 1. The van der Waals surface area contributed by atoms with Crippen LogP contribution in [0.5, 0.6) is 0 Å².